The standard InChI is InChI=1S/C26H43N5O5/c1-14(2)18(22(33)29(7)8)27-25(36)28-19(15(3)4)23(34)30-13-10-17-20(30)26(11-9-12-26)24(35)31(17)21(32)16(5)6/h14-20H,9-13H2,1-8H3,(H2,27,28,36)/t17-,18-,19-,20-/m0/s1. The molecule has 1 saturated carbocycles. The summed E-state index contributed by atoms with van der Waals surface area (Å²) in [7, 11) is 3.27. The van der Waals surface area contributed by atoms with Crippen LogP contribution in [-0.2, 0) is 19.2 Å². The van der Waals surface area contributed by atoms with Crippen LogP contribution in [0.25, 0.3) is 0 Å². The van der Waals surface area contributed by atoms with E-state index in [1.165, 1.54) is 9.80 Å². The van der Waals surface area contributed by atoms with Crippen LogP contribution >= 0.6 is 0 Å². The number of likely N-dealkylation sites (tertiary alicyclic amines) is 2. The number of likely N-dealkylation sites (N-methyl/N-ethyl adjacent to an activating group) is 1. The van der Waals surface area contributed by atoms with Crippen molar-refractivity contribution >= 4 is 29.7 Å². The van der Waals surface area contributed by atoms with Crippen LogP contribution in [-0.4, -0.2) is 89.2 Å². The van der Waals surface area contributed by atoms with Gasteiger partial charge >= 0.3 is 6.03 Å². The zero-order chi connectivity index (χ0) is 27.1. The van der Waals surface area contributed by atoms with Crippen LogP contribution in [0.15, 0.2) is 0 Å². The van der Waals surface area contributed by atoms with Crippen molar-refractivity contribution in [3.8, 4) is 0 Å². The van der Waals surface area contributed by atoms with E-state index < -0.39 is 23.5 Å². The van der Waals surface area contributed by atoms with Gasteiger partial charge in [-0.15, -0.1) is 0 Å². The molecule has 36 heavy (non-hydrogen) atoms. The molecule has 3 fully saturated rings. The summed E-state index contributed by atoms with van der Waals surface area (Å²) in [6.45, 7) is 11.4. The van der Waals surface area contributed by atoms with Crippen LogP contribution in [0.1, 0.15) is 67.2 Å². The fourth-order valence-corrected chi connectivity index (χ4v) is 5.89. The molecule has 2 aliphatic heterocycles. The number of nitrogens with zero attached hydrogens (tertiary/aromatic N) is 3. The molecule has 0 aromatic heterocycles. The smallest absolute Gasteiger partial charge is 0.316 e. The van der Waals surface area contributed by atoms with Crippen LogP contribution in [0.5, 0.6) is 0 Å². The fourth-order valence-electron chi connectivity index (χ4n) is 5.89. The van der Waals surface area contributed by atoms with Crippen LogP contribution < -0.4 is 10.6 Å². The first-order valence-corrected chi connectivity index (χ1v) is 13.2. The van der Waals surface area contributed by atoms with Gasteiger partial charge in [0.1, 0.15) is 12.1 Å². The summed E-state index contributed by atoms with van der Waals surface area (Å²) < 4.78 is 0. The molecule has 4 atom stereocenters. The third kappa shape index (κ3) is 4.70. The van der Waals surface area contributed by atoms with Gasteiger partial charge in [-0.05, 0) is 31.1 Å². The number of hydrogen-bond donors (Lipinski definition) is 2. The van der Waals surface area contributed by atoms with E-state index in [0.29, 0.717) is 25.8 Å². The zero-order valence-electron chi connectivity index (χ0n) is 23.0. The quantitative estimate of drug-likeness (QED) is 0.545. The van der Waals surface area contributed by atoms with Crippen molar-refractivity contribution in [2.45, 2.75) is 91.4 Å². The second-order valence-electron chi connectivity index (χ2n) is 11.8. The highest BCUT2D eigenvalue weighted by atomic mass is 16.2. The maximum Gasteiger partial charge on any atom is 0.316 e. The third-order valence-corrected chi connectivity index (χ3v) is 8.05. The Morgan fingerprint density at radius 3 is 1.92 bits per heavy atom. The molecule has 1 aliphatic carbocycles. The summed E-state index contributed by atoms with van der Waals surface area (Å²) in [5.41, 5.74) is -0.702. The molecule has 0 aromatic carbocycles. The minimum absolute atomic E-state index is 0.134. The van der Waals surface area contributed by atoms with E-state index >= 15 is 0 Å². The molecule has 0 bridgehead atoms. The van der Waals surface area contributed by atoms with Gasteiger partial charge in [0.05, 0.1) is 17.5 Å². The van der Waals surface area contributed by atoms with Crippen LogP contribution in [0.2, 0.25) is 0 Å². The monoisotopic (exact) mass is 505 g/mol. The van der Waals surface area contributed by atoms with Crippen molar-refractivity contribution in [2.24, 2.45) is 23.2 Å². The van der Waals surface area contributed by atoms with Crippen molar-refractivity contribution < 1.29 is 24.0 Å². The SMILES string of the molecule is CC(C)C(=O)N1C(=O)C2(CCC2)[C@@H]2[C@@H]1CCN2C(=O)[C@@H](NC(=O)N[C@H](C(=O)N(C)C)C(C)C)C(C)C. The van der Waals surface area contributed by atoms with E-state index in [9.17, 15) is 24.0 Å². The molecule has 2 heterocycles. The van der Waals surface area contributed by atoms with Crippen molar-refractivity contribution in [2.75, 3.05) is 20.6 Å². The van der Waals surface area contributed by atoms with Gasteiger partial charge in [-0.2, -0.15) is 0 Å². The Kier molecular flexibility index (Phi) is 8.05. The van der Waals surface area contributed by atoms with Crippen LogP contribution in [0.4, 0.5) is 4.79 Å². The Morgan fingerprint density at radius 2 is 1.47 bits per heavy atom. The lowest BCUT2D eigenvalue weighted by Gasteiger charge is -2.44. The molecule has 3 rings (SSSR count). The van der Waals surface area contributed by atoms with Gasteiger partial charge in [0.2, 0.25) is 23.6 Å². The summed E-state index contributed by atoms with van der Waals surface area (Å²) in [6, 6.07) is -2.81. The molecule has 6 amide bonds. The third-order valence-electron chi connectivity index (χ3n) is 8.05. The molecule has 2 N–H and O–H groups in total. The van der Waals surface area contributed by atoms with E-state index in [0.717, 1.165) is 6.42 Å². The lowest BCUT2D eigenvalue weighted by molar-refractivity contribution is -0.153. The fraction of sp³-hybridized carbons (Fsp3) is 0.808. The summed E-state index contributed by atoms with van der Waals surface area (Å²) in [4.78, 5) is 70.4. The average Bonchev–Trinajstić information content (AvgIpc) is 3.28. The zero-order valence-corrected chi connectivity index (χ0v) is 23.0. The average molecular weight is 506 g/mol. The Morgan fingerprint density at radius 1 is 0.917 bits per heavy atom. The Balaban J connectivity index is 1.81. The number of fused-ring (bicyclic) bond motifs is 2. The number of imide groups is 1. The van der Waals surface area contributed by atoms with E-state index in [-0.39, 0.29) is 53.5 Å². The molecule has 3 aliphatic rings. The Bertz CT molecular complexity index is 910. The van der Waals surface area contributed by atoms with E-state index in [4.69, 9.17) is 0 Å². The highest BCUT2D eigenvalue weighted by molar-refractivity contribution is 6.03. The normalized spacial score (nSPS) is 24.1. The Labute approximate surface area is 214 Å². The second-order valence-corrected chi connectivity index (χ2v) is 11.8. The first-order valence-electron chi connectivity index (χ1n) is 13.2. The summed E-state index contributed by atoms with van der Waals surface area (Å²) in [5.74, 6) is -1.45. The molecule has 0 aromatic rings. The predicted octanol–water partition coefficient (Wildman–Crippen LogP) is 1.59. The van der Waals surface area contributed by atoms with Gasteiger partial charge in [0.25, 0.3) is 0 Å². The molecule has 10 nitrogen and oxygen atoms in total. The van der Waals surface area contributed by atoms with Gasteiger partial charge in [-0.3, -0.25) is 24.1 Å². The molecule has 0 unspecified atom stereocenters. The topological polar surface area (TPSA) is 119 Å². The minimum Gasteiger partial charge on any atom is -0.347 e. The number of urea groups is 1. The number of amides is 6. The number of carbonyl (C=O) groups excluding carboxylic acids is 5. The van der Waals surface area contributed by atoms with Crippen molar-refractivity contribution in [1.82, 2.24) is 25.3 Å². The van der Waals surface area contributed by atoms with E-state index in [1.807, 2.05) is 27.7 Å². The van der Waals surface area contributed by atoms with Crippen molar-refractivity contribution in [3.05, 3.63) is 0 Å². The van der Waals surface area contributed by atoms with Crippen molar-refractivity contribution in [1.29, 1.82) is 0 Å². The highest BCUT2D eigenvalue weighted by Crippen LogP contribution is 2.56. The van der Waals surface area contributed by atoms with E-state index in [2.05, 4.69) is 10.6 Å². The van der Waals surface area contributed by atoms with Gasteiger partial charge in [-0.1, -0.05) is 48.0 Å². The number of nitrogens with one attached hydrogen (secondary N) is 2. The second kappa shape index (κ2) is 10.4. The molecule has 2 saturated heterocycles. The van der Waals surface area contributed by atoms with Crippen LogP contribution in [0, 0.1) is 23.2 Å². The maximum absolute atomic E-state index is 13.9. The molecule has 202 valence electrons. The molecule has 10 heteroatoms. The number of rotatable bonds is 7. The summed E-state index contributed by atoms with van der Waals surface area (Å²) >= 11 is 0. The van der Waals surface area contributed by atoms with Gasteiger partial charge in [0, 0.05) is 26.6 Å². The summed E-state index contributed by atoms with van der Waals surface area (Å²) in [5, 5.41) is 5.54. The van der Waals surface area contributed by atoms with Crippen LogP contribution in [0.3, 0.4) is 0 Å². The summed E-state index contributed by atoms with van der Waals surface area (Å²) in [6.07, 6.45) is 2.78. The first-order chi connectivity index (χ1) is 16.7. The lowest BCUT2D eigenvalue weighted by Crippen LogP contribution is -2.60. The number of carbonyl (C=O) groups is 5. The minimum atomic E-state index is -0.826. The predicted molar refractivity (Wildman–Crippen MR) is 134 cm³/mol. The molecule has 1 spiro atoms. The highest BCUT2D eigenvalue weighted by Gasteiger charge is 2.67. The largest absolute Gasteiger partial charge is 0.347 e. The maximum atomic E-state index is 13.9. The van der Waals surface area contributed by atoms with Gasteiger partial charge in [0.15, 0.2) is 0 Å². The van der Waals surface area contributed by atoms with Gasteiger partial charge < -0.3 is 20.4 Å². The molecular formula is C26H43N5O5. The molecular weight excluding hydrogens is 462 g/mol. The Hall–Kier alpha value is -2.65. The molecule has 0 radical (unpaired) electrons. The lowest BCUT2D eigenvalue weighted by atomic mass is 9.64. The van der Waals surface area contributed by atoms with Gasteiger partial charge in [-0.25, -0.2) is 4.79 Å². The number of hydrogen-bond acceptors (Lipinski definition) is 5. The van der Waals surface area contributed by atoms with Crippen molar-refractivity contribution in [3.63, 3.8) is 0 Å². The first kappa shape index (κ1) is 27.9. The van der Waals surface area contributed by atoms with E-state index in [1.54, 1.807) is 32.8 Å².